The van der Waals surface area contributed by atoms with Crippen LogP contribution in [0.25, 0.3) is 0 Å². The Morgan fingerprint density at radius 3 is 2.31 bits per heavy atom. The predicted octanol–water partition coefficient (Wildman–Crippen LogP) is -2.38. The molecule has 13 heteroatoms. The number of alkyl carbamates (subject to hydrolysis) is 1. The van der Waals surface area contributed by atoms with E-state index in [2.05, 4.69) is 11.4 Å². The van der Waals surface area contributed by atoms with Gasteiger partial charge in [0, 0.05) is 0 Å². The molecule has 0 aromatic carbocycles. The van der Waals surface area contributed by atoms with Crippen LogP contribution in [0.3, 0.4) is 0 Å². The van der Waals surface area contributed by atoms with Crippen LogP contribution in [0.1, 0.15) is 39.0 Å². The lowest BCUT2D eigenvalue weighted by molar-refractivity contribution is -0.407. The minimum atomic E-state index is -2.07. The van der Waals surface area contributed by atoms with E-state index in [1.165, 1.54) is 6.92 Å². The molecular weight excluding hydrogens is 470 g/mol. The van der Waals surface area contributed by atoms with Crippen LogP contribution in [0.15, 0.2) is 12.2 Å². The molecule has 2 saturated heterocycles. The number of aliphatic hydroxyl groups is 7. The number of aliphatic hydroxyl groups excluding tert-OH is 7. The molecule has 0 aromatic heterocycles. The molecule has 2 heterocycles. The Hall–Kier alpha value is -1.39. The molecule has 202 valence electrons. The van der Waals surface area contributed by atoms with Gasteiger partial charge in [-0.1, -0.05) is 12.2 Å². The second kappa shape index (κ2) is 12.2. The monoisotopic (exact) mass is 507 g/mol. The third-order valence-electron chi connectivity index (χ3n) is 6.66. The lowest BCUT2D eigenvalue weighted by Crippen LogP contribution is -2.70. The van der Waals surface area contributed by atoms with E-state index in [9.17, 15) is 40.5 Å². The van der Waals surface area contributed by atoms with Gasteiger partial charge in [0.15, 0.2) is 12.1 Å². The van der Waals surface area contributed by atoms with Crippen molar-refractivity contribution in [1.82, 2.24) is 5.32 Å². The smallest absolute Gasteiger partial charge is 0.407 e. The normalized spacial score (nSPS) is 44.8. The average molecular weight is 508 g/mol. The van der Waals surface area contributed by atoms with Gasteiger partial charge in [-0.2, -0.15) is 0 Å². The summed E-state index contributed by atoms with van der Waals surface area (Å²) >= 11 is 0. The van der Waals surface area contributed by atoms with Gasteiger partial charge in [0.1, 0.15) is 54.9 Å². The lowest BCUT2D eigenvalue weighted by atomic mass is 9.92. The highest BCUT2D eigenvalue weighted by molar-refractivity contribution is 5.68. The van der Waals surface area contributed by atoms with Gasteiger partial charge in [-0.05, 0) is 39.0 Å². The summed E-state index contributed by atoms with van der Waals surface area (Å²) in [6.45, 7) is -0.201. The number of carbonyl (C=O) groups excluding carboxylic acids is 1. The number of carbonyl (C=O) groups is 1. The minimum Gasteiger partial charge on any atom is -0.446 e. The first-order chi connectivity index (χ1) is 16.6. The fourth-order valence-electron chi connectivity index (χ4n) is 4.53. The van der Waals surface area contributed by atoms with E-state index in [0.717, 1.165) is 19.3 Å². The highest BCUT2D eigenvalue weighted by Gasteiger charge is 2.55. The molecule has 2 fully saturated rings. The zero-order chi connectivity index (χ0) is 25.8. The van der Waals surface area contributed by atoms with Crippen molar-refractivity contribution in [2.75, 3.05) is 13.2 Å². The van der Waals surface area contributed by atoms with E-state index >= 15 is 0 Å². The zero-order valence-corrected chi connectivity index (χ0v) is 19.5. The molecule has 2 aliphatic heterocycles. The van der Waals surface area contributed by atoms with Crippen molar-refractivity contribution in [2.24, 2.45) is 0 Å². The zero-order valence-electron chi connectivity index (χ0n) is 19.5. The summed E-state index contributed by atoms with van der Waals surface area (Å²) in [5.41, 5.74) is 0. The van der Waals surface area contributed by atoms with Crippen LogP contribution in [0, 0.1) is 0 Å². The molecule has 13 nitrogen and oxygen atoms in total. The Labute approximate surface area is 202 Å². The Bertz CT molecular complexity index is 723. The average Bonchev–Trinajstić information content (AvgIpc) is 2.81. The molecule has 0 saturated carbocycles. The molecule has 0 radical (unpaired) electrons. The van der Waals surface area contributed by atoms with Gasteiger partial charge in [0.05, 0.1) is 13.2 Å². The molecule has 6 unspecified atom stereocenters. The standard InChI is InChI=1S/C22H37NO12/c1-22(19(30)18(29)16(27)13(10-25)34-22)35-20-14(17(28)15(26)12(9-24)33-20)23-21(31)32-11-7-5-3-2-4-6-8-11/h2-3,11-20,24-30H,4-10H2,1H3,(H,23,31)/t11?,12-,13?,14?,15?,16-,17?,18+,19?,20-,22-/m1/s1. The summed E-state index contributed by atoms with van der Waals surface area (Å²) in [4.78, 5) is 12.7. The summed E-state index contributed by atoms with van der Waals surface area (Å²) in [5.74, 6) is -2.07. The Kier molecular flexibility index (Phi) is 9.85. The maximum atomic E-state index is 12.7. The van der Waals surface area contributed by atoms with Crippen molar-refractivity contribution in [3.8, 4) is 0 Å². The van der Waals surface area contributed by atoms with Gasteiger partial charge in [0.2, 0.25) is 0 Å². The number of hydrogen-bond acceptors (Lipinski definition) is 12. The minimum absolute atomic E-state index is 0.362. The van der Waals surface area contributed by atoms with Crippen LogP contribution < -0.4 is 5.32 Å². The highest BCUT2D eigenvalue weighted by Crippen LogP contribution is 2.35. The molecule has 0 spiro atoms. The molecule has 8 N–H and O–H groups in total. The number of nitrogens with one attached hydrogen (secondary N) is 1. The van der Waals surface area contributed by atoms with Gasteiger partial charge in [-0.15, -0.1) is 0 Å². The first kappa shape index (κ1) is 28.2. The van der Waals surface area contributed by atoms with Gasteiger partial charge in [0.25, 0.3) is 0 Å². The van der Waals surface area contributed by atoms with Crippen LogP contribution in [0.4, 0.5) is 4.79 Å². The second-order valence-electron chi connectivity index (χ2n) is 9.28. The van der Waals surface area contributed by atoms with Crippen molar-refractivity contribution in [2.45, 2.75) is 106 Å². The van der Waals surface area contributed by atoms with Crippen LogP contribution in [0.5, 0.6) is 0 Å². The summed E-state index contributed by atoms with van der Waals surface area (Å²) in [5, 5.41) is 73.2. The number of hydrogen-bond donors (Lipinski definition) is 8. The van der Waals surface area contributed by atoms with Crippen molar-refractivity contribution >= 4 is 6.09 Å². The largest absolute Gasteiger partial charge is 0.446 e. The third kappa shape index (κ3) is 6.49. The first-order valence-electron chi connectivity index (χ1n) is 11.9. The Morgan fingerprint density at radius 2 is 1.63 bits per heavy atom. The third-order valence-corrected chi connectivity index (χ3v) is 6.66. The van der Waals surface area contributed by atoms with Gasteiger partial charge >= 0.3 is 6.09 Å². The Balaban J connectivity index is 1.76. The highest BCUT2D eigenvalue weighted by atomic mass is 16.8. The first-order valence-corrected chi connectivity index (χ1v) is 11.9. The van der Waals surface area contributed by atoms with E-state index in [0.29, 0.717) is 12.8 Å². The topological polar surface area (TPSA) is 208 Å². The summed E-state index contributed by atoms with van der Waals surface area (Å²) in [6.07, 6.45) is -6.15. The maximum absolute atomic E-state index is 12.7. The van der Waals surface area contributed by atoms with E-state index in [1.807, 2.05) is 6.08 Å². The molecule has 0 aromatic rings. The second-order valence-corrected chi connectivity index (χ2v) is 9.28. The Morgan fingerprint density at radius 1 is 0.971 bits per heavy atom. The number of ether oxygens (including phenoxy) is 4. The molecular formula is C22H37NO12. The summed E-state index contributed by atoms with van der Waals surface area (Å²) in [7, 11) is 0. The van der Waals surface area contributed by atoms with Crippen molar-refractivity contribution in [1.29, 1.82) is 0 Å². The molecule has 11 atom stereocenters. The number of rotatable bonds is 6. The van der Waals surface area contributed by atoms with Crippen LogP contribution in [-0.4, -0.2) is 122 Å². The van der Waals surface area contributed by atoms with E-state index in [-0.39, 0.29) is 6.10 Å². The SMILES string of the molecule is C[C@]1(O[C@H]2O[C@H](CO)C(O)C(O)C2NC(=O)OC2CCC=CCCC2)OC(CO)[C@@H](O)[C@H](O)C1O. The molecule has 1 amide bonds. The van der Waals surface area contributed by atoms with Crippen molar-refractivity contribution in [3.05, 3.63) is 12.2 Å². The molecule has 1 aliphatic carbocycles. The molecule has 3 rings (SSSR count). The van der Waals surface area contributed by atoms with Crippen molar-refractivity contribution < 1.29 is 59.5 Å². The summed E-state index contributed by atoms with van der Waals surface area (Å²) < 4.78 is 22.3. The van der Waals surface area contributed by atoms with E-state index in [1.54, 1.807) is 0 Å². The number of amides is 1. The van der Waals surface area contributed by atoms with Gasteiger partial charge in [-0.25, -0.2) is 4.79 Å². The fraction of sp³-hybridized carbons (Fsp3) is 0.864. The predicted molar refractivity (Wildman–Crippen MR) is 117 cm³/mol. The van der Waals surface area contributed by atoms with E-state index < -0.39 is 80.2 Å². The fourth-order valence-corrected chi connectivity index (χ4v) is 4.53. The molecule has 0 bridgehead atoms. The van der Waals surface area contributed by atoms with Crippen molar-refractivity contribution in [3.63, 3.8) is 0 Å². The van der Waals surface area contributed by atoms with Crippen LogP contribution in [-0.2, 0) is 18.9 Å². The molecule has 3 aliphatic rings. The molecule has 35 heavy (non-hydrogen) atoms. The van der Waals surface area contributed by atoms with Gasteiger partial charge < -0.3 is 60.0 Å². The van der Waals surface area contributed by atoms with Crippen LogP contribution >= 0.6 is 0 Å². The van der Waals surface area contributed by atoms with E-state index in [4.69, 9.17) is 18.9 Å². The quantitative estimate of drug-likeness (QED) is 0.177. The maximum Gasteiger partial charge on any atom is 0.407 e. The number of allylic oxidation sites excluding steroid dienone is 2. The van der Waals surface area contributed by atoms with Crippen LogP contribution in [0.2, 0.25) is 0 Å². The van der Waals surface area contributed by atoms with Gasteiger partial charge in [-0.3, -0.25) is 0 Å². The summed E-state index contributed by atoms with van der Waals surface area (Å²) in [6, 6.07) is -1.43. The lowest BCUT2D eigenvalue weighted by Gasteiger charge is -2.50.